The minimum absolute atomic E-state index is 0.244. The second kappa shape index (κ2) is 4.84. The number of Topliss-reactive ketones (excluding diaryl/α,β-unsaturated/α-hetero) is 1. The average Bonchev–Trinajstić information content (AvgIpc) is 3.13. The molecule has 1 atom stereocenters. The van der Waals surface area contributed by atoms with Crippen LogP contribution in [-0.2, 0) is 9.53 Å². The van der Waals surface area contributed by atoms with Crippen molar-refractivity contribution in [3.8, 4) is 0 Å². The molecule has 0 radical (unpaired) electrons. The molecule has 0 amide bonds. The molecule has 92 valence electrons. The Hall–Kier alpha value is -0.410. The van der Waals surface area contributed by atoms with Gasteiger partial charge in [-0.15, -0.1) is 0 Å². The van der Waals surface area contributed by atoms with Gasteiger partial charge >= 0.3 is 0 Å². The van der Waals surface area contributed by atoms with Crippen LogP contribution in [-0.4, -0.2) is 42.5 Å². The molecule has 2 fully saturated rings. The van der Waals surface area contributed by atoms with Gasteiger partial charge in [0.1, 0.15) is 0 Å². The molecule has 1 saturated heterocycles. The van der Waals surface area contributed by atoms with Crippen LogP contribution in [0.4, 0.5) is 0 Å². The van der Waals surface area contributed by atoms with Crippen molar-refractivity contribution in [1.29, 1.82) is 0 Å². The summed E-state index contributed by atoms with van der Waals surface area (Å²) in [5.41, 5.74) is -0.244. The van der Waals surface area contributed by atoms with E-state index in [-0.39, 0.29) is 5.54 Å². The van der Waals surface area contributed by atoms with Gasteiger partial charge in [0.2, 0.25) is 0 Å². The van der Waals surface area contributed by atoms with Crippen LogP contribution in [0.25, 0.3) is 0 Å². The smallest absolute Gasteiger partial charge is 0.153 e. The predicted octanol–water partition coefficient (Wildman–Crippen LogP) is 1.86. The molecule has 3 heteroatoms. The molecule has 2 aliphatic rings. The third-order valence-electron chi connectivity index (χ3n) is 4.17. The molecule has 16 heavy (non-hydrogen) atoms. The number of carbonyl (C=O) groups excluding carboxylic acids is 1. The zero-order valence-corrected chi connectivity index (χ0v) is 10.5. The molecule has 0 bridgehead atoms. The molecule has 2 rings (SSSR count). The van der Waals surface area contributed by atoms with Crippen LogP contribution in [0.5, 0.6) is 0 Å². The monoisotopic (exact) mass is 225 g/mol. The van der Waals surface area contributed by atoms with E-state index in [0.717, 1.165) is 39.1 Å². The molecule has 0 spiro atoms. The largest absolute Gasteiger partial charge is 0.379 e. The van der Waals surface area contributed by atoms with Crippen LogP contribution in [0.15, 0.2) is 0 Å². The lowest BCUT2D eigenvalue weighted by Crippen LogP contribution is -2.56. The number of carbonyl (C=O) groups is 1. The number of hydrogen-bond donors (Lipinski definition) is 0. The number of nitrogens with zero attached hydrogens (tertiary/aromatic N) is 1. The van der Waals surface area contributed by atoms with E-state index >= 15 is 0 Å². The van der Waals surface area contributed by atoms with Gasteiger partial charge < -0.3 is 4.74 Å². The van der Waals surface area contributed by atoms with E-state index in [1.54, 1.807) is 0 Å². The molecule has 1 saturated carbocycles. The first-order valence-corrected chi connectivity index (χ1v) is 6.53. The normalized spacial score (nSPS) is 26.4. The molecule has 1 heterocycles. The predicted molar refractivity (Wildman–Crippen MR) is 63.4 cm³/mol. The van der Waals surface area contributed by atoms with Crippen molar-refractivity contribution in [2.45, 2.75) is 45.1 Å². The van der Waals surface area contributed by atoms with Crippen molar-refractivity contribution in [1.82, 2.24) is 4.90 Å². The Labute approximate surface area is 98.1 Å². The Morgan fingerprint density at radius 3 is 2.50 bits per heavy atom. The summed E-state index contributed by atoms with van der Waals surface area (Å²) in [6, 6.07) is 0. The maximum atomic E-state index is 12.4. The molecule has 0 aromatic heterocycles. The standard InChI is InChI=1S/C13H23NO2/c1-3-13(2,12(15)10-11-4-5-11)14-6-8-16-9-7-14/h11H,3-10H2,1-2H3. The molecule has 3 nitrogen and oxygen atoms in total. The van der Waals surface area contributed by atoms with E-state index in [4.69, 9.17) is 4.74 Å². The van der Waals surface area contributed by atoms with Gasteiger partial charge in [-0.25, -0.2) is 0 Å². The fraction of sp³-hybridized carbons (Fsp3) is 0.923. The van der Waals surface area contributed by atoms with E-state index in [2.05, 4.69) is 18.7 Å². The number of rotatable bonds is 5. The van der Waals surface area contributed by atoms with Crippen LogP contribution < -0.4 is 0 Å². The third kappa shape index (κ3) is 2.46. The second-order valence-corrected chi connectivity index (χ2v) is 5.30. The maximum Gasteiger partial charge on any atom is 0.153 e. The van der Waals surface area contributed by atoms with E-state index in [0.29, 0.717) is 11.7 Å². The lowest BCUT2D eigenvalue weighted by molar-refractivity contribution is -0.134. The molecular weight excluding hydrogens is 202 g/mol. The van der Waals surface area contributed by atoms with Gasteiger partial charge in [-0.2, -0.15) is 0 Å². The van der Waals surface area contributed by atoms with Gasteiger partial charge in [0.05, 0.1) is 18.8 Å². The summed E-state index contributed by atoms with van der Waals surface area (Å²) in [7, 11) is 0. The highest BCUT2D eigenvalue weighted by molar-refractivity contribution is 5.88. The van der Waals surface area contributed by atoms with E-state index in [1.807, 2.05) is 0 Å². The molecule has 0 aromatic carbocycles. The minimum atomic E-state index is -0.244. The van der Waals surface area contributed by atoms with Crippen LogP contribution >= 0.6 is 0 Å². The molecule has 1 unspecified atom stereocenters. The number of ether oxygens (including phenoxy) is 1. The van der Waals surface area contributed by atoms with Crippen molar-refractivity contribution >= 4 is 5.78 Å². The molecule has 0 aromatic rings. The summed E-state index contributed by atoms with van der Waals surface area (Å²) in [5.74, 6) is 1.14. The fourth-order valence-electron chi connectivity index (χ4n) is 2.46. The van der Waals surface area contributed by atoms with Gasteiger partial charge in [0.25, 0.3) is 0 Å². The van der Waals surface area contributed by atoms with E-state index in [9.17, 15) is 4.79 Å². The SMILES string of the molecule is CCC(C)(C(=O)CC1CC1)N1CCOCC1. The summed E-state index contributed by atoms with van der Waals surface area (Å²) in [6.07, 6.45) is 4.23. The number of ketones is 1. The summed E-state index contributed by atoms with van der Waals surface area (Å²) >= 11 is 0. The van der Waals surface area contributed by atoms with E-state index in [1.165, 1.54) is 12.8 Å². The van der Waals surface area contributed by atoms with Crippen molar-refractivity contribution in [2.75, 3.05) is 26.3 Å². The fourth-order valence-corrected chi connectivity index (χ4v) is 2.46. The van der Waals surface area contributed by atoms with Gasteiger partial charge in [-0.05, 0) is 32.1 Å². The Bertz CT molecular complexity index is 257. The first-order valence-electron chi connectivity index (χ1n) is 6.53. The lowest BCUT2D eigenvalue weighted by Gasteiger charge is -2.41. The quantitative estimate of drug-likeness (QED) is 0.715. The Balaban J connectivity index is 1.99. The number of morpholine rings is 1. The van der Waals surface area contributed by atoms with Gasteiger partial charge in [0, 0.05) is 19.5 Å². The van der Waals surface area contributed by atoms with E-state index < -0.39 is 0 Å². The zero-order valence-electron chi connectivity index (χ0n) is 10.5. The Morgan fingerprint density at radius 1 is 1.38 bits per heavy atom. The third-order valence-corrected chi connectivity index (χ3v) is 4.17. The maximum absolute atomic E-state index is 12.4. The first kappa shape index (κ1) is 12.1. The minimum Gasteiger partial charge on any atom is -0.379 e. The highest BCUT2D eigenvalue weighted by Gasteiger charge is 2.40. The summed E-state index contributed by atoms with van der Waals surface area (Å²) in [6.45, 7) is 7.59. The molecule has 0 N–H and O–H groups in total. The average molecular weight is 225 g/mol. The Kier molecular flexibility index (Phi) is 3.65. The van der Waals surface area contributed by atoms with Crippen molar-refractivity contribution in [2.24, 2.45) is 5.92 Å². The molecule has 1 aliphatic carbocycles. The summed E-state index contributed by atoms with van der Waals surface area (Å²) in [4.78, 5) is 14.7. The van der Waals surface area contributed by atoms with Crippen molar-refractivity contribution in [3.63, 3.8) is 0 Å². The zero-order chi connectivity index (χ0) is 11.6. The first-order chi connectivity index (χ1) is 7.66. The van der Waals surface area contributed by atoms with Crippen molar-refractivity contribution < 1.29 is 9.53 Å². The van der Waals surface area contributed by atoms with Crippen LogP contribution in [0.2, 0.25) is 0 Å². The lowest BCUT2D eigenvalue weighted by atomic mass is 9.87. The number of hydrogen-bond acceptors (Lipinski definition) is 3. The molecular formula is C13H23NO2. The highest BCUT2D eigenvalue weighted by atomic mass is 16.5. The van der Waals surface area contributed by atoms with Crippen molar-refractivity contribution in [3.05, 3.63) is 0 Å². The van der Waals surface area contributed by atoms with Crippen LogP contribution in [0, 0.1) is 5.92 Å². The van der Waals surface area contributed by atoms with Gasteiger partial charge in [-0.1, -0.05) is 6.92 Å². The van der Waals surface area contributed by atoms with Gasteiger partial charge in [-0.3, -0.25) is 9.69 Å². The van der Waals surface area contributed by atoms with Gasteiger partial charge in [0.15, 0.2) is 5.78 Å². The topological polar surface area (TPSA) is 29.5 Å². The van der Waals surface area contributed by atoms with Crippen LogP contribution in [0.3, 0.4) is 0 Å². The summed E-state index contributed by atoms with van der Waals surface area (Å²) in [5, 5.41) is 0. The van der Waals surface area contributed by atoms with Crippen LogP contribution in [0.1, 0.15) is 39.5 Å². The highest BCUT2D eigenvalue weighted by Crippen LogP contribution is 2.35. The second-order valence-electron chi connectivity index (χ2n) is 5.30. The summed E-state index contributed by atoms with van der Waals surface area (Å²) < 4.78 is 5.36. The Morgan fingerprint density at radius 2 is 2.00 bits per heavy atom. The molecule has 1 aliphatic heterocycles.